The Kier molecular flexibility index (Phi) is 4.99. The Bertz CT molecular complexity index is 1060. The van der Waals surface area contributed by atoms with Crippen molar-refractivity contribution in [2.24, 2.45) is 5.10 Å². The molecule has 29 heavy (non-hydrogen) atoms. The van der Waals surface area contributed by atoms with Gasteiger partial charge in [-0.25, -0.2) is 0 Å². The van der Waals surface area contributed by atoms with Gasteiger partial charge in [0.2, 0.25) is 0 Å². The lowest BCUT2D eigenvalue weighted by Gasteiger charge is -2.22. The van der Waals surface area contributed by atoms with Crippen molar-refractivity contribution in [1.29, 1.82) is 0 Å². The second-order valence-corrected chi connectivity index (χ2v) is 6.97. The normalized spacial score (nSPS) is 16.1. The molecule has 1 atom stereocenters. The standard InChI is InChI=1S/C21H21N5O3/c1-2-10-24-14-16(13-22-24)21-12-20(15-4-3-5-19(27)11-15)23-25(21)17-6-8-18(9-7-17)26(28)29/h3-9,11,13-14,21,27H,2,10,12H2,1H3/t21-/m1/s1. The number of aromatic hydroxyl groups is 1. The third-order valence-corrected chi connectivity index (χ3v) is 4.91. The van der Waals surface area contributed by atoms with Crippen molar-refractivity contribution in [1.82, 2.24) is 9.78 Å². The molecule has 2 heterocycles. The molecule has 0 bridgehead atoms. The number of rotatable bonds is 6. The van der Waals surface area contributed by atoms with E-state index in [2.05, 4.69) is 12.0 Å². The van der Waals surface area contributed by atoms with E-state index in [1.807, 2.05) is 28.2 Å². The van der Waals surface area contributed by atoms with Gasteiger partial charge in [-0.3, -0.25) is 19.8 Å². The van der Waals surface area contributed by atoms with Gasteiger partial charge in [0.15, 0.2) is 0 Å². The molecule has 148 valence electrons. The van der Waals surface area contributed by atoms with Crippen molar-refractivity contribution < 1.29 is 10.0 Å². The van der Waals surface area contributed by atoms with Crippen LogP contribution in [0.1, 0.15) is 36.9 Å². The number of aryl methyl sites for hydroxylation is 1. The molecular formula is C21H21N5O3. The summed E-state index contributed by atoms with van der Waals surface area (Å²) in [4.78, 5) is 10.6. The highest BCUT2D eigenvalue weighted by molar-refractivity contribution is 6.03. The van der Waals surface area contributed by atoms with Crippen molar-refractivity contribution >= 4 is 17.1 Å². The molecule has 2 aromatic carbocycles. The Hall–Kier alpha value is -3.68. The average molecular weight is 391 g/mol. The lowest BCUT2D eigenvalue weighted by Crippen LogP contribution is -2.18. The smallest absolute Gasteiger partial charge is 0.269 e. The van der Waals surface area contributed by atoms with Gasteiger partial charge in [0.05, 0.1) is 28.6 Å². The first-order valence-corrected chi connectivity index (χ1v) is 9.48. The van der Waals surface area contributed by atoms with Gasteiger partial charge in [-0.2, -0.15) is 10.2 Å². The SMILES string of the molecule is CCCn1cc([C@H]2CC(c3cccc(O)c3)=NN2c2ccc([N+](=O)[O-])cc2)cn1. The first kappa shape index (κ1) is 18.7. The van der Waals surface area contributed by atoms with E-state index in [-0.39, 0.29) is 17.5 Å². The summed E-state index contributed by atoms with van der Waals surface area (Å²) in [6.45, 7) is 2.94. The number of phenols is 1. The zero-order valence-corrected chi connectivity index (χ0v) is 16.0. The molecule has 0 fully saturated rings. The van der Waals surface area contributed by atoms with Gasteiger partial charge in [-0.1, -0.05) is 19.1 Å². The number of nitro groups is 1. The minimum atomic E-state index is -0.415. The molecular weight excluding hydrogens is 370 g/mol. The zero-order valence-electron chi connectivity index (χ0n) is 16.0. The van der Waals surface area contributed by atoms with E-state index in [1.54, 1.807) is 30.3 Å². The van der Waals surface area contributed by atoms with E-state index < -0.39 is 4.92 Å². The number of hydrogen-bond acceptors (Lipinski definition) is 6. The van der Waals surface area contributed by atoms with Gasteiger partial charge in [0, 0.05) is 42.4 Å². The highest BCUT2D eigenvalue weighted by atomic mass is 16.6. The van der Waals surface area contributed by atoms with E-state index >= 15 is 0 Å². The number of hydrogen-bond donors (Lipinski definition) is 1. The molecule has 0 unspecified atom stereocenters. The van der Waals surface area contributed by atoms with Crippen LogP contribution in [0.4, 0.5) is 11.4 Å². The Morgan fingerprint density at radius 1 is 1.24 bits per heavy atom. The van der Waals surface area contributed by atoms with Gasteiger partial charge >= 0.3 is 0 Å². The molecule has 1 N–H and O–H groups in total. The molecule has 8 nitrogen and oxygen atoms in total. The molecule has 0 saturated heterocycles. The van der Waals surface area contributed by atoms with Crippen LogP contribution in [-0.2, 0) is 6.54 Å². The van der Waals surface area contributed by atoms with E-state index in [0.717, 1.165) is 35.5 Å². The lowest BCUT2D eigenvalue weighted by molar-refractivity contribution is -0.384. The fourth-order valence-electron chi connectivity index (χ4n) is 3.50. The number of non-ortho nitro benzene ring substituents is 1. The van der Waals surface area contributed by atoms with E-state index in [9.17, 15) is 15.2 Å². The van der Waals surface area contributed by atoms with E-state index in [1.165, 1.54) is 12.1 Å². The molecule has 0 saturated carbocycles. The van der Waals surface area contributed by atoms with Crippen LogP contribution in [0.15, 0.2) is 66.0 Å². The van der Waals surface area contributed by atoms with Gasteiger partial charge in [-0.05, 0) is 30.7 Å². The number of anilines is 1. The molecule has 0 spiro atoms. The highest BCUT2D eigenvalue weighted by Gasteiger charge is 2.31. The number of phenolic OH excluding ortho intramolecular Hbond substituents is 1. The van der Waals surface area contributed by atoms with Crippen molar-refractivity contribution in [2.45, 2.75) is 32.4 Å². The predicted molar refractivity (Wildman–Crippen MR) is 110 cm³/mol. The fraction of sp³-hybridized carbons (Fsp3) is 0.238. The van der Waals surface area contributed by atoms with Crippen LogP contribution >= 0.6 is 0 Å². The first-order chi connectivity index (χ1) is 14.0. The van der Waals surface area contributed by atoms with Crippen LogP contribution in [0, 0.1) is 10.1 Å². The number of benzene rings is 2. The summed E-state index contributed by atoms with van der Waals surface area (Å²) in [5.41, 5.74) is 3.51. The minimum absolute atomic E-state index is 0.0393. The molecule has 1 aliphatic rings. The van der Waals surface area contributed by atoms with Crippen molar-refractivity contribution in [2.75, 3.05) is 5.01 Å². The molecule has 0 amide bonds. The summed E-state index contributed by atoms with van der Waals surface area (Å²) in [5, 5.41) is 31.9. The Balaban J connectivity index is 1.71. The second-order valence-electron chi connectivity index (χ2n) is 6.97. The maximum atomic E-state index is 11.0. The van der Waals surface area contributed by atoms with E-state index in [4.69, 9.17) is 5.10 Å². The maximum absolute atomic E-state index is 11.0. The summed E-state index contributed by atoms with van der Waals surface area (Å²) >= 11 is 0. The second kappa shape index (κ2) is 7.75. The topological polar surface area (TPSA) is 96.8 Å². The summed E-state index contributed by atoms with van der Waals surface area (Å²) in [6.07, 6.45) is 5.49. The summed E-state index contributed by atoms with van der Waals surface area (Å²) in [7, 11) is 0. The largest absolute Gasteiger partial charge is 0.508 e. The van der Waals surface area contributed by atoms with Gasteiger partial charge in [0.25, 0.3) is 5.69 Å². The van der Waals surface area contributed by atoms with Crippen LogP contribution in [0.25, 0.3) is 0 Å². The third kappa shape index (κ3) is 3.82. The van der Waals surface area contributed by atoms with Crippen LogP contribution in [0.5, 0.6) is 5.75 Å². The molecule has 1 aliphatic heterocycles. The number of nitro benzene ring substituents is 1. The van der Waals surface area contributed by atoms with Crippen LogP contribution in [0.2, 0.25) is 0 Å². The fourth-order valence-corrected chi connectivity index (χ4v) is 3.50. The highest BCUT2D eigenvalue weighted by Crippen LogP contribution is 2.37. The molecule has 1 aromatic heterocycles. The molecule has 3 aromatic rings. The van der Waals surface area contributed by atoms with Crippen LogP contribution in [0.3, 0.4) is 0 Å². The summed E-state index contributed by atoms with van der Waals surface area (Å²) in [6, 6.07) is 13.3. The van der Waals surface area contributed by atoms with Gasteiger partial charge in [-0.15, -0.1) is 0 Å². The molecule has 0 aliphatic carbocycles. The van der Waals surface area contributed by atoms with Crippen molar-refractivity contribution in [3.8, 4) is 5.75 Å². The molecule has 8 heteroatoms. The predicted octanol–water partition coefficient (Wildman–Crippen LogP) is 4.26. The maximum Gasteiger partial charge on any atom is 0.269 e. The summed E-state index contributed by atoms with van der Waals surface area (Å²) < 4.78 is 1.91. The zero-order chi connectivity index (χ0) is 20.4. The average Bonchev–Trinajstić information content (AvgIpc) is 3.35. The van der Waals surface area contributed by atoms with Crippen molar-refractivity contribution in [3.63, 3.8) is 0 Å². The Morgan fingerprint density at radius 3 is 2.72 bits per heavy atom. The number of nitrogens with zero attached hydrogens (tertiary/aromatic N) is 5. The first-order valence-electron chi connectivity index (χ1n) is 9.48. The quantitative estimate of drug-likeness (QED) is 0.500. The molecule has 4 rings (SSSR count). The Labute approximate surface area is 167 Å². The lowest BCUT2D eigenvalue weighted by atomic mass is 10.0. The number of aromatic nitrogens is 2. The monoisotopic (exact) mass is 391 g/mol. The van der Waals surface area contributed by atoms with Gasteiger partial charge in [0.1, 0.15) is 5.75 Å². The third-order valence-electron chi connectivity index (χ3n) is 4.91. The summed E-state index contributed by atoms with van der Waals surface area (Å²) in [5.74, 6) is 0.186. The van der Waals surface area contributed by atoms with Crippen LogP contribution in [-0.4, -0.2) is 25.5 Å². The Morgan fingerprint density at radius 2 is 2.03 bits per heavy atom. The van der Waals surface area contributed by atoms with Gasteiger partial charge < -0.3 is 5.11 Å². The van der Waals surface area contributed by atoms with E-state index in [0.29, 0.717) is 6.42 Å². The molecule has 0 radical (unpaired) electrons. The number of hydrazone groups is 1. The minimum Gasteiger partial charge on any atom is -0.508 e. The van der Waals surface area contributed by atoms with Crippen molar-refractivity contribution in [3.05, 3.63) is 82.2 Å². The van der Waals surface area contributed by atoms with Crippen LogP contribution < -0.4 is 5.01 Å².